The molecular weight excluding hydrogens is 294 g/mol. The van der Waals surface area contributed by atoms with Crippen molar-refractivity contribution in [2.24, 2.45) is 5.41 Å². The minimum absolute atomic E-state index is 0.107. The first-order valence-corrected chi connectivity index (χ1v) is 8.03. The van der Waals surface area contributed by atoms with E-state index in [0.717, 1.165) is 12.5 Å². The third kappa shape index (κ3) is 2.86. The molecule has 0 unspecified atom stereocenters. The molecule has 0 heterocycles. The standard InChI is InChI=1S/C13H19N3O4S/c1-13(2)8-12(13)15(4)10-6-5-9(21(19,20)14-3)7-11(10)16(17)18/h5-7,12,14H,8H2,1-4H3/t12-/m0/s1. The first-order valence-electron chi connectivity index (χ1n) is 6.55. The van der Waals surface area contributed by atoms with Crippen molar-refractivity contribution in [1.82, 2.24) is 4.72 Å². The lowest BCUT2D eigenvalue weighted by molar-refractivity contribution is -0.384. The van der Waals surface area contributed by atoms with E-state index in [1.54, 1.807) is 7.05 Å². The topological polar surface area (TPSA) is 92.6 Å². The molecule has 1 aliphatic rings. The number of benzene rings is 1. The summed E-state index contributed by atoms with van der Waals surface area (Å²) >= 11 is 0. The van der Waals surface area contributed by atoms with E-state index in [9.17, 15) is 18.5 Å². The molecule has 21 heavy (non-hydrogen) atoms. The summed E-state index contributed by atoms with van der Waals surface area (Å²) in [5.41, 5.74) is 0.361. The second-order valence-electron chi connectivity index (χ2n) is 5.93. The average Bonchev–Trinajstić information content (AvgIpc) is 3.06. The van der Waals surface area contributed by atoms with E-state index in [0.29, 0.717) is 5.69 Å². The maximum atomic E-state index is 11.8. The largest absolute Gasteiger partial charge is 0.366 e. The number of hydrogen-bond acceptors (Lipinski definition) is 5. The van der Waals surface area contributed by atoms with Crippen LogP contribution in [0.15, 0.2) is 23.1 Å². The summed E-state index contributed by atoms with van der Waals surface area (Å²) in [7, 11) is -0.626. The molecule has 0 aromatic heterocycles. The third-order valence-electron chi connectivity index (χ3n) is 4.03. The first kappa shape index (κ1) is 15.7. The molecule has 0 radical (unpaired) electrons. The van der Waals surface area contributed by atoms with Crippen LogP contribution < -0.4 is 9.62 Å². The lowest BCUT2D eigenvalue weighted by atomic mass is 10.1. The highest BCUT2D eigenvalue weighted by Gasteiger charge is 2.49. The van der Waals surface area contributed by atoms with E-state index in [1.807, 2.05) is 4.90 Å². The fourth-order valence-corrected chi connectivity index (χ4v) is 3.25. The normalized spacial score (nSPS) is 20.1. The average molecular weight is 313 g/mol. The van der Waals surface area contributed by atoms with Crippen LogP contribution in [-0.4, -0.2) is 33.5 Å². The minimum atomic E-state index is -3.70. The fourth-order valence-electron chi connectivity index (χ4n) is 2.50. The van der Waals surface area contributed by atoms with Crippen LogP contribution in [-0.2, 0) is 10.0 Å². The van der Waals surface area contributed by atoms with Crippen molar-refractivity contribution < 1.29 is 13.3 Å². The number of anilines is 1. The second kappa shape index (κ2) is 4.96. The zero-order chi connectivity index (χ0) is 16.0. The van der Waals surface area contributed by atoms with Gasteiger partial charge < -0.3 is 4.90 Å². The number of sulfonamides is 1. The number of nitro benzene ring substituents is 1. The van der Waals surface area contributed by atoms with Gasteiger partial charge in [0.1, 0.15) is 5.69 Å². The molecule has 7 nitrogen and oxygen atoms in total. The Labute approximate surface area is 124 Å². The van der Waals surface area contributed by atoms with Crippen LogP contribution in [0.1, 0.15) is 20.3 Å². The molecule has 2 rings (SSSR count). The molecule has 0 spiro atoms. The van der Waals surface area contributed by atoms with Crippen molar-refractivity contribution in [3.8, 4) is 0 Å². The maximum Gasteiger partial charge on any atom is 0.293 e. The zero-order valence-corrected chi connectivity index (χ0v) is 13.3. The van der Waals surface area contributed by atoms with Crippen LogP contribution in [0.3, 0.4) is 0 Å². The van der Waals surface area contributed by atoms with Crippen molar-refractivity contribution in [2.45, 2.75) is 31.2 Å². The zero-order valence-electron chi connectivity index (χ0n) is 12.5. The van der Waals surface area contributed by atoms with E-state index in [4.69, 9.17) is 0 Å². The maximum absolute atomic E-state index is 11.8. The van der Waals surface area contributed by atoms with E-state index in [-0.39, 0.29) is 22.0 Å². The predicted molar refractivity (Wildman–Crippen MR) is 79.9 cm³/mol. The highest BCUT2D eigenvalue weighted by atomic mass is 32.2. The number of rotatable bonds is 5. The molecule has 8 heteroatoms. The quantitative estimate of drug-likeness (QED) is 0.660. The molecule has 0 aliphatic heterocycles. The summed E-state index contributed by atoms with van der Waals surface area (Å²) in [6.45, 7) is 4.19. The SMILES string of the molecule is CNS(=O)(=O)c1ccc(N(C)[C@H]2CC2(C)C)c([N+](=O)[O-])c1. The van der Waals surface area contributed by atoms with E-state index in [1.165, 1.54) is 19.2 Å². The molecular formula is C13H19N3O4S. The molecule has 1 saturated carbocycles. The fraction of sp³-hybridized carbons (Fsp3) is 0.538. The van der Waals surface area contributed by atoms with Crippen LogP contribution in [0, 0.1) is 15.5 Å². The van der Waals surface area contributed by atoms with Crippen molar-refractivity contribution in [3.05, 3.63) is 28.3 Å². The Morgan fingerprint density at radius 3 is 2.43 bits per heavy atom. The van der Waals surface area contributed by atoms with Crippen molar-refractivity contribution in [1.29, 1.82) is 0 Å². The number of hydrogen-bond donors (Lipinski definition) is 1. The molecule has 1 atom stereocenters. The molecule has 1 aliphatic carbocycles. The van der Waals surface area contributed by atoms with Crippen molar-refractivity contribution in [3.63, 3.8) is 0 Å². The minimum Gasteiger partial charge on any atom is -0.366 e. The van der Waals surface area contributed by atoms with Gasteiger partial charge in [0.15, 0.2) is 0 Å². The van der Waals surface area contributed by atoms with E-state index >= 15 is 0 Å². The molecule has 116 valence electrons. The van der Waals surface area contributed by atoms with Gasteiger partial charge in [-0.05, 0) is 31.0 Å². The lowest BCUT2D eigenvalue weighted by Crippen LogP contribution is -2.25. The summed E-state index contributed by atoms with van der Waals surface area (Å²) in [6.07, 6.45) is 0.956. The summed E-state index contributed by atoms with van der Waals surface area (Å²) in [6, 6.07) is 4.21. The van der Waals surface area contributed by atoms with Gasteiger partial charge in [-0.25, -0.2) is 13.1 Å². The predicted octanol–water partition coefficient (Wildman–Crippen LogP) is 1.74. The Bertz CT molecular complexity index is 685. The van der Waals surface area contributed by atoms with Gasteiger partial charge >= 0.3 is 0 Å². The van der Waals surface area contributed by atoms with Gasteiger partial charge in [0.05, 0.1) is 9.82 Å². The van der Waals surface area contributed by atoms with Gasteiger partial charge in [-0.1, -0.05) is 13.8 Å². The van der Waals surface area contributed by atoms with Gasteiger partial charge in [-0.3, -0.25) is 10.1 Å². The highest BCUT2D eigenvalue weighted by molar-refractivity contribution is 7.89. The van der Waals surface area contributed by atoms with Crippen LogP contribution in [0.5, 0.6) is 0 Å². The molecule has 1 N–H and O–H groups in total. The van der Waals surface area contributed by atoms with Gasteiger partial charge in [-0.15, -0.1) is 0 Å². The smallest absolute Gasteiger partial charge is 0.293 e. The number of nitro groups is 1. The van der Waals surface area contributed by atoms with E-state index < -0.39 is 14.9 Å². The molecule has 1 fully saturated rings. The van der Waals surface area contributed by atoms with Crippen molar-refractivity contribution in [2.75, 3.05) is 19.0 Å². The Hall–Kier alpha value is -1.67. The van der Waals surface area contributed by atoms with Crippen LogP contribution in [0.25, 0.3) is 0 Å². The van der Waals surface area contributed by atoms with Gasteiger partial charge in [-0.2, -0.15) is 0 Å². The number of nitrogens with zero attached hydrogens (tertiary/aromatic N) is 2. The van der Waals surface area contributed by atoms with Crippen LogP contribution in [0.2, 0.25) is 0 Å². The summed E-state index contributed by atoms with van der Waals surface area (Å²) in [4.78, 5) is 12.5. The molecule has 1 aromatic rings. The summed E-state index contributed by atoms with van der Waals surface area (Å²) in [5, 5.41) is 11.3. The molecule has 0 amide bonds. The molecule has 0 saturated heterocycles. The number of nitrogens with one attached hydrogen (secondary N) is 1. The Kier molecular flexibility index (Phi) is 3.71. The van der Waals surface area contributed by atoms with Crippen LogP contribution >= 0.6 is 0 Å². The summed E-state index contributed by atoms with van der Waals surface area (Å²) < 4.78 is 25.7. The Morgan fingerprint density at radius 2 is 2.00 bits per heavy atom. The monoisotopic (exact) mass is 313 g/mol. The van der Waals surface area contributed by atoms with Gasteiger partial charge in [0.2, 0.25) is 10.0 Å². The Morgan fingerprint density at radius 1 is 1.43 bits per heavy atom. The van der Waals surface area contributed by atoms with Crippen molar-refractivity contribution >= 4 is 21.4 Å². The highest BCUT2D eigenvalue weighted by Crippen LogP contribution is 2.50. The third-order valence-corrected chi connectivity index (χ3v) is 5.44. The lowest BCUT2D eigenvalue weighted by Gasteiger charge is -2.21. The molecule has 0 bridgehead atoms. The summed E-state index contributed by atoms with van der Waals surface area (Å²) in [5.74, 6) is 0. The van der Waals surface area contributed by atoms with Gasteiger partial charge in [0, 0.05) is 19.2 Å². The van der Waals surface area contributed by atoms with Gasteiger partial charge in [0.25, 0.3) is 5.69 Å². The Balaban J connectivity index is 2.46. The second-order valence-corrected chi connectivity index (χ2v) is 7.82. The molecule has 1 aromatic carbocycles. The van der Waals surface area contributed by atoms with Crippen LogP contribution in [0.4, 0.5) is 11.4 Å². The first-order chi connectivity index (χ1) is 9.60. The van der Waals surface area contributed by atoms with E-state index in [2.05, 4.69) is 18.6 Å².